The van der Waals surface area contributed by atoms with Crippen LogP contribution in [0.2, 0.25) is 0 Å². The second kappa shape index (κ2) is 1.90. The topological polar surface area (TPSA) is 90.2 Å². The number of hydrogen-bond donors (Lipinski definition) is 2. The van der Waals surface area contributed by atoms with E-state index in [1.54, 1.807) is 0 Å². The van der Waals surface area contributed by atoms with Crippen molar-refractivity contribution in [3.8, 4) is 0 Å². The van der Waals surface area contributed by atoms with E-state index in [1.807, 2.05) is 0 Å². The van der Waals surface area contributed by atoms with Crippen molar-refractivity contribution >= 4 is 6.09 Å². The van der Waals surface area contributed by atoms with Gasteiger partial charge in [-0.2, -0.15) is 9.47 Å². The molecule has 0 aliphatic heterocycles. The molecule has 54 valence electrons. The molecule has 6 heteroatoms. The Morgan fingerprint density at radius 2 is 2.30 bits per heavy atom. The van der Waals surface area contributed by atoms with Gasteiger partial charge in [-0.15, -0.1) is 0 Å². The highest BCUT2D eigenvalue weighted by molar-refractivity contribution is 5.66. The van der Waals surface area contributed by atoms with E-state index >= 15 is 0 Å². The van der Waals surface area contributed by atoms with Crippen molar-refractivity contribution < 1.29 is 9.90 Å². The van der Waals surface area contributed by atoms with Crippen molar-refractivity contribution in [2.75, 3.05) is 5.84 Å². The summed E-state index contributed by atoms with van der Waals surface area (Å²) >= 11 is 0. The van der Waals surface area contributed by atoms with Gasteiger partial charge in [-0.3, -0.25) is 4.79 Å². The Morgan fingerprint density at radius 1 is 1.70 bits per heavy atom. The predicted octanol–water partition coefficient (Wildman–Crippen LogP) is -1.11. The summed E-state index contributed by atoms with van der Waals surface area (Å²) in [4.78, 5) is 21.2. The van der Waals surface area contributed by atoms with Gasteiger partial charge in [0.15, 0.2) is 0 Å². The van der Waals surface area contributed by atoms with E-state index in [2.05, 4.69) is 0 Å². The zero-order valence-electron chi connectivity index (χ0n) is 4.89. The third-order valence-electron chi connectivity index (χ3n) is 1.01. The largest absolute Gasteiger partial charge is 0.463 e. The maximum atomic E-state index is 10.5. The Morgan fingerprint density at radius 3 is 2.50 bits per heavy atom. The molecule has 0 radical (unpaired) electrons. The molecule has 1 heterocycles. The summed E-state index contributed by atoms with van der Waals surface area (Å²) in [6.07, 6.45) is -0.213. The number of hydrogen-bond acceptors (Lipinski definition) is 3. The molecular weight excluding hydrogens is 138 g/mol. The second-order valence-electron chi connectivity index (χ2n) is 1.63. The highest BCUT2D eigenvalue weighted by Gasteiger charge is 2.04. The fraction of sp³-hybridized carbons (Fsp3) is 0. The molecule has 0 aromatic carbocycles. The van der Waals surface area contributed by atoms with E-state index in [0.29, 0.717) is 9.47 Å². The van der Waals surface area contributed by atoms with Gasteiger partial charge in [-0.25, -0.2) is 4.79 Å². The van der Waals surface area contributed by atoms with Crippen LogP contribution in [-0.4, -0.2) is 20.7 Å². The molecule has 0 aliphatic rings. The molecule has 1 aromatic heterocycles. The molecule has 1 aromatic rings. The molecule has 0 bridgehead atoms. The molecule has 1 rings (SSSR count). The zero-order chi connectivity index (χ0) is 7.72. The number of nitrogens with two attached hydrogens (primary N) is 1. The SMILES string of the molecule is Nn1c(=O)ccn1C(=O)O. The van der Waals surface area contributed by atoms with Crippen LogP contribution in [0.3, 0.4) is 0 Å². The monoisotopic (exact) mass is 143 g/mol. The van der Waals surface area contributed by atoms with Crippen LogP contribution in [0.1, 0.15) is 0 Å². The quantitative estimate of drug-likeness (QED) is 0.450. The van der Waals surface area contributed by atoms with Crippen molar-refractivity contribution in [2.45, 2.75) is 0 Å². The number of aromatic nitrogens is 2. The smallest absolute Gasteiger partial charge is 0.432 e. The van der Waals surface area contributed by atoms with E-state index in [1.165, 1.54) is 0 Å². The molecule has 0 spiro atoms. The van der Waals surface area contributed by atoms with Crippen molar-refractivity contribution in [3.05, 3.63) is 22.6 Å². The zero-order valence-corrected chi connectivity index (χ0v) is 4.89. The van der Waals surface area contributed by atoms with E-state index in [9.17, 15) is 9.59 Å². The first-order chi connectivity index (χ1) is 4.63. The average Bonchev–Trinajstić information content (AvgIpc) is 2.14. The third kappa shape index (κ3) is 0.750. The van der Waals surface area contributed by atoms with Crippen LogP contribution in [0, 0.1) is 0 Å². The van der Waals surface area contributed by atoms with Crippen LogP contribution in [-0.2, 0) is 0 Å². The lowest BCUT2D eigenvalue weighted by Crippen LogP contribution is -2.32. The van der Waals surface area contributed by atoms with Gasteiger partial charge in [-0.1, -0.05) is 0 Å². The number of nitrogen functional groups attached to an aromatic ring is 1. The number of carboxylic acid groups (broad SMARTS) is 1. The summed E-state index contributed by atoms with van der Waals surface area (Å²) in [7, 11) is 0. The van der Waals surface area contributed by atoms with Gasteiger partial charge < -0.3 is 10.9 Å². The maximum Gasteiger partial charge on any atom is 0.432 e. The Kier molecular flexibility index (Phi) is 1.22. The Bertz CT molecular complexity index is 310. The fourth-order valence-electron chi connectivity index (χ4n) is 0.545. The lowest BCUT2D eigenvalue weighted by Gasteiger charge is -1.96. The van der Waals surface area contributed by atoms with Gasteiger partial charge in [0.1, 0.15) is 0 Å². The van der Waals surface area contributed by atoms with E-state index in [4.69, 9.17) is 10.9 Å². The Balaban J connectivity index is 3.31. The Labute approximate surface area is 55.0 Å². The van der Waals surface area contributed by atoms with E-state index in [0.717, 1.165) is 12.3 Å². The highest BCUT2D eigenvalue weighted by atomic mass is 16.4. The second-order valence-corrected chi connectivity index (χ2v) is 1.63. The number of rotatable bonds is 0. The number of carbonyl (C=O) groups is 1. The first kappa shape index (κ1) is 6.40. The summed E-state index contributed by atoms with van der Waals surface area (Å²) in [5, 5.41) is 8.30. The summed E-state index contributed by atoms with van der Waals surface area (Å²) < 4.78 is 0.586. The summed E-state index contributed by atoms with van der Waals surface area (Å²) in [5.74, 6) is 4.99. The predicted molar refractivity (Wildman–Crippen MR) is 32.3 cm³/mol. The normalized spacial score (nSPS) is 9.60. The summed E-state index contributed by atoms with van der Waals surface area (Å²) in [5.41, 5.74) is -0.553. The van der Waals surface area contributed by atoms with Gasteiger partial charge in [0.25, 0.3) is 5.56 Å². The van der Waals surface area contributed by atoms with Gasteiger partial charge in [-0.05, 0) is 0 Å². The highest BCUT2D eigenvalue weighted by Crippen LogP contribution is 1.78. The maximum absolute atomic E-state index is 10.5. The molecule has 0 amide bonds. The van der Waals surface area contributed by atoms with Crippen LogP contribution in [0.25, 0.3) is 0 Å². The van der Waals surface area contributed by atoms with Crippen LogP contribution < -0.4 is 11.4 Å². The third-order valence-corrected chi connectivity index (χ3v) is 1.01. The van der Waals surface area contributed by atoms with Crippen LogP contribution >= 0.6 is 0 Å². The molecule has 0 aliphatic carbocycles. The van der Waals surface area contributed by atoms with Crippen molar-refractivity contribution in [3.63, 3.8) is 0 Å². The first-order valence-corrected chi connectivity index (χ1v) is 2.42. The van der Waals surface area contributed by atoms with Gasteiger partial charge in [0.2, 0.25) is 0 Å². The van der Waals surface area contributed by atoms with Crippen LogP contribution in [0.15, 0.2) is 17.1 Å². The lowest BCUT2D eigenvalue weighted by atomic mass is 10.7. The molecule has 6 nitrogen and oxygen atoms in total. The molecule has 0 atom stereocenters. The van der Waals surface area contributed by atoms with E-state index in [-0.39, 0.29) is 0 Å². The first-order valence-electron chi connectivity index (χ1n) is 2.42. The average molecular weight is 143 g/mol. The van der Waals surface area contributed by atoms with Crippen LogP contribution in [0.4, 0.5) is 4.79 Å². The number of nitrogens with zero attached hydrogens (tertiary/aromatic N) is 2. The molecule has 3 N–H and O–H groups in total. The molecular formula is C4H5N3O3. The summed E-state index contributed by atoms with van der Waals surface area (Å²) in [6, 6.07) is 1.06. The Hall–Kier alpha value is -1.72. The minimum absolute atomic E-state index is 0.502. The standard InChI is InChI=1S/C4H5N3O3/c5-7-3(8)1-2-6(7)4(9)10/h1-2H,5H2,(H,9,10). The van der Waals surface area contributed by atoms with Gasteiger partial charge >= 0.3 is 6.09 Å². The lowest BCUT2D eigenvalue weighted by molar-refractivity contribution is 0.189. The van der Waals surface area contributed by atoms with Crippen molar-refractivity contribution in [1.82, 2.24) is 9.47 Å². The molecule has 0 unspecified atom stereocenters. The molecule has 0 saturated heterocycles. The molecule has 10 heavy (non-hydrogen) atoms. The van der Waals surface area contributed by atoms with E-state index < -0.39 is 11.7 Å². The minimum atomic E-state index is -1.29. The van der Waals surface area contributed by atoms with Crippen molar-refractivity contribution in [1.29, 1.82) is 0 Å². The van der Waals surface area contributed by atoms with Gasteiger partial charge in [0, 0.05) is 12.3 Å². The van der Waals surface area contributed by atoms with Crippen LogP contribution in [0.5, 0.6) is 0 Å². The molecule has 0 fully saturated rings. The minimum Gasteiger partial charge on any atom is -0.463 e. The van der Waals surface area contributed by atoms with Crippen molar-refractivity contribution in [2.24, 2.45) is 0 Å². The molecule has 0 saturated carbocycles. The fourth-order valence-corrected chi connectivity index (χ4v) is 0.545. The van der Waals surface area contributed by atoms with Gasteiger partial charge in [0.05, 0.1) is 0 Å². The summed E-state index contributed by atoms with van der Waals surface area (Å²) in [6.45, 7) is 0.